The van der Waals surface area contributed by atoms with Crippen molar-refractivity contribution in [1.82, 2.24) is 19.0 Å². The molecule has 0 fully saturated rings. The fourth-order valence-electron chi connectivity index (χ4n) is 12.4. The largest absolute Gasteiger partial charge is 0.497 e. The summed E-state index contributed by atoms with van der Waals surface area (Å²) in [5, 5.41) is 16.1. The molecule has 3 aliphatic rings. The molecule has 0 amide bonds. The maximum Gasteiger partial charge on any atom is 0.334 e. The summed E-state index contributed by atoms with van der Waals surface area (Å²) >= 11 is 0. The molecule has 13 nitrogen and oxygen atoms in total. The number of aromatic nitrogens is 3. The smallest absolute Gasteiger partial charge is 0.334 e. The van der Waals surface area contributed by atoms with Crippen molar-refractivity contribution in [3.05, 3.63) is 221 Å². The zero-order chi connectivity index (χ0) is 56.4. The predicted octanol–water partition coefficient (Wildman–Crippen LogP) is 12.2. The zero-order valence-electron chi connectivity index (χ0n) is 44.3. The summed E-state index contributed by atoms with van der Waals surface area (Å²) in [6.07, 6.45) is 8.80. The first-order chi connectivity index (χ1) is 39.9. The van der Waals surface area contributed by atoms with Gasteiger partial charge in [0.05, 0.1) is 29.2 Å². The maximum atomic E-state index is 14.4. The summed E-state index contributed by atoms with van der Waals surface area (Å²) in [6, 6.07) is 43.4. The first-order valence-electron chi connectivity index (χ1n) is 27.3. The Morgan fingerprint density at radius 1 is 0.537 bits per heavy atom. The van der Waals surface area contributed by atoms with Crippen molar-refractivity contribution in [2.75, 3.05) is 29.6 Å². The molecule has 0 radical (unpaired) electrons. The summed E-state index contributed by atoms with van der Waals surface area (Å²) in [7, 11) is 1.67. The van der Waals surface area contributed by atoms with Crippen molar-refractivity contribution in [3.8, 4) is 11.5 Å². The number of hydrogen-bond acceptors (Lipinski definition) is 10. The average molecular weight is 1100 g/mol. The van der Waals surface area contributed by atoms with E-state index < -0.39 is 58.7 Å². The van der Waals surface area contributed by atoms with Crippen LogP contribution in [0.25, 0.3) is 32.7 Å². The number of ether oxygens (including phenoxy) is 2. The number of nitrogens with one attached hydrogen (secondary N) is 4. The van der Waals surface area contributed by atoms with Crippen molar-refractivity contribution in [2.45, 2.75) is 68.6 Å². The number of methoxy groups -OCH3 is 1. The van der Waals surface area contributed by atoms with Gasteiger partial charge < -0.3 is 25.4 Å². The molecule has 17 heteroatoms. The number of anilines is 3. The highest BCUT2D eigenvalue weighted by molar-refractivity contribution is 6.05. The average Bonchev–Trinajstić information content (AvgIpc) is 4.42. The Labute approximate surface area is 467 Å². The lowest BCUT2D eigenvalue weighted by molar-refractivity contribution is -0.135. The van der Waals surface area contributed by atoms with E-state index in [1.807, 2.05) is 66.9 Å². The Morgan fingerprint density at radius 2 is 0.988 bits per heavy atom. The Morgan fingerprint density at radius 3 is 1.49 bits per heavy atom. The van der Waals surface area contributed by atoms with E-state index in [-0.39, 0.29) is 30.2 Å². The molecule has 0 saturated carbocycles. The Balaban J connectivity index is 0.641. The normalized spacial score (nSPS) is 16.1. The summed E-state index contributed by atoms with van der Waals surface area (Å²) in [4.78, 5) is 55.6. The quantitative estimate of drug-likeness (QED) is 0.0195. The summed E-state index contributed by atoms with van der Waals surface area (Å²) < 4.78 is 71.5. The molecule has 0 spiro atoms. The van der Waals surface area contributed by atoms with Gasteiger partial charge in [-0.05, 0) is 119 Å². The Hall–Kier alpha value is -9.48. The third kappa shape index (κ3) is 8.83. The molecule has 0 bridgehead atoms. The minimum atomic E-state index is -1.83. The molecule has 3 unspecified atom stereocenters. The van der Waals surface area contributed by atoms with Crippen LogP contribution in [0.15, 0.2) is 164 Å². The number of carbonyl (C=O) groups is 4. The molecule has 0 saturated heterocycles. The second-order valence-electron chi connectivity index (χ2n) is 21.1. The fourth-order valence-corrected chi connectivity index (χ4v) is 12.4. The topological polar surface area (TPSA) is 150 Å². The third-order valence-corrected chi connectivity index (χ3v) is 16.5. The molecular weight excluding hydrogens is 1050 g/mol. The van der Waals surface area contributed by atoms with Crippen molar-refractivity contribution in [2.24, 2.45) is 0 Å². The van der Waals surface area contributed by atoms with Gasteiger partial charge in [0.2, 0.25) is 23.3 Å². The highest BCUT2D eigenvalue weighted by Crippen LogP contribution is 2.41. The van der Waals surface area contributed by atoms with Crippen LogP contribution in [0.3, 0.4) is 0 Å². The molecular formula is C65H53F4N7O6. The van der Waals surface area contributed by atoms with E-state index >= 15 is 0 Å². The summed E-state index contributed by atoms with van der Waals surface area (Å²) in [6.45, 7) is 0.714. The molecule has 13 rings (SSSR count). The number of unbranched alkanes of at least 4 members (excludes halogenated alkanes) is 2. The van der Waals surface area contributed by atoms with Crippen molar-refractivity contribution < 1.29 is 46.2 Å². The van der Waals surface area contributed by atoms with Crippen molar-refractivity contribution >= 4 is 73.5 Å². The second-order valence-corrected chi connectivity index (χ2v) is 21.1. The lowest BCUT2D eigenvalue weighted by Gasteiger charge is -2.37. The molecule has 6 heterocycles. The highest BCUT2D eigenvalue weighted by Gasteiger charge is 2.38. The van der Waals surface area contributed by atoms with Crippen LogP contribution in [0.2, 0.25) is 0 Å². The Bertz CT molecular complexity index is 4130. The van der Waals surface area contributed by atoms with Gasteiger partial charge in [0, 0.05) is 83.6 Å². The zero-order valence-corrected chi connectivity index (χ0v) is 44.3. The van der Waals surface area contributed by atoms with Gasteiger partial charge in [0.25, 0.3) is 11.8 Å². The maximum absolute atomic E-state index is 14.4. The van der Waals surface area contributed by atoms with Crippen LogP contribution in [0.4, 0.5) is 34.6 Å². The number of rotatable bonds is 15. The molecule has 7 aromatic carbocycles. The first-order valence-corrected chi connectivity index (χ1v) is 27.3. The third-order valence-electron chi connectivity index (χ3n) is 16.5. The number of halogens is 4. The van der Waals surface area contributed by atoms with Gasteiger partial charge in [0.15, 0.2) is 11.6 Å². The van der Waals surface area contributed by atoms with Gasteiger partial charge in [0.1, 0.15) is 23.9 Å². The lowest BCUT2D eigenvalue weighted by atomic mass is 9.77. The van der Waals surface area contributed by atoms with Crippen LogP contribution in [0.5, 0.6) is 11.5 Å². The predicted molar refractivity (Wildman–Crippen MR) is 305 cm³/mol. The Kier molecular flexibility index (Phi) is 13.2. The lowest BCUT2D eigenvalue weighted by Crippen LogP contribution is -2.45. The van der Waals surface area contributed by atoms with Crippen LogP contribution in [-0.2, 0) is 29.6 Å². The molecule has 3 aromatic heterocycles. The van der Waals surface area contributed by atoms with E-state index in [1.54, 1.807) is 46.8 Å². The van der Waals surface area contributed by atoms with Crippen LogP contribution in [-0.4, -0.2) is 69.2 Å². The summed E-state index contributed by atoms with van der Waals surface area (Å²) in [5.41, 5.74) is 9.43. The minimum Gasteiger partial charge on any atom is -0.497 e. The van der Waals surface area contributed by atoms with Gasteiger partial charge in [-0.1, -0.05) is 79.2 Å². The molecule has 3 atom stereocenters. The van der Waals surface area contributed by atoms with Crippen LogP contribution < -0.4 is 30.7 Å². The number of nitrogens with zero attached hydrogens (tertiary/aromatic N) is 3. The van der Waals surface area contributed by atoms with Gasteiger partial charge in [-0.3, -0.25) is 33.4 Å². The summed E-state index contributed by atoms with van der Waals surface area (Å²) in [5.74, 6) is -9.26. The molecule has 0 aliphatic carbocycles. The monoisotopic (exact) mass is 1100 g/mol. The first kappa shape index (κ1) is 51.9. The van der Waals surface area contributed by atoms with Crippen molar-refractivity contribution in [3.63, 3.8) is 0 Å². The number of esters is 1. The fraction of sp³-hybridized carbons (Fsp3) is 0.200. The van der Waals surface area contributed by atoms with Crippen LogP contribution >= 0.6 is 0 Å². The highest BCUT2D eigenvalue weighted by atomic mass is 19.2. The van der Waals surface area contributed by atoms with E-state index in [2.05, 4.69) is 81.9 Å². The van der Waals surface area contributed by atoms with E-state index in [4.69, 9.17) is 9.47 Å². The molecule has 4 N–H and O–H groups in total. The van der Waals surface area contributed by atoms with Gasteiger partial charge in [-0.15, -0.1) is 0 Å². The van der Waals surface area contributed by atoms with E-state index in [1.165, 1.54) is 4.57 Å². The SMILES string of the molecule is COc1ccc(C(NCCCCCC(=O)n2ccc3c4c(ccc32)NC(C(=O)n2ccc3c5c(ccc32)NC(C(=O)n2ccc3c6c(ccc32)NC(C(=O)Oc2c(F)c(F)cc(F)c2F)C6)C5)C4)(c2ccccc2)c2ccccc2)cc1. The van der Waals surface area contributed by atoms with Gasteiger partial charge in [-0.25, -0.2) is 13.6 Å². The van der Waals surface area contributed by atoms with Crippen LogP contribution in [0.1, 0.15) is 73.4 Å². The second kappa shape index (κ2) is 20.9. The van der Waals surface area contributed by atoms with E-state index in [0.717, 1.165) is 80.5 Å². The van der Waals surface area contributed by atoms with Gasteiger partial charge in [-0.2, -0.15) is 8.78 Å². The van der Waals surface area contributed by atoms with Gasteiger partial charge >= 0.3 is 5.97 Å². The number of hydrogen-bond donors (Lipinski definition) is 4. The number of carbonyl (C=O) groups excluding carboxylic acids is 4. The standard InChI is InChI=1S/C65H53F4N7O6/c1-81-40-18-16-39(17-19-40)65(37-11-5-2-6-12-37,38-13-7-3-8-14-38)70-29-10-4-9-15-58(77)74-30-26-41-44-33-52(71-49(44)20-23-55(41)74)62(78)75-31-27-42-45-34-53(72-50(45)21-24-56(42)75)63(79)76-32-28-43-46-35-54(73-51(46)22-25-57(43)76)64(80)82-61-59(68)47(66)36-48(67)60(61)69/h2-3,5-8,11-14,16-28,30-32,36,52-54,70-73H,4,9-10,15,29,33-35H2,1H3. The van der Waals surface area contributed by atoms with E-state index in [9.17, 15) is 36.7 Å². The number of fused-ring (bicyclic) bond motifs is 9. The number of benzene rings is 7. The van der Waals surface area contributed by atoms with Crippen LogP contribution in [0, 0.1) is 23.3 Å². The molecule has 82 heavy (non-hydrogen) atoms. The van der Waals surface area contributed by atoms with Crippen molar-refractivity contribution in [1.29, 1.82) is 0 Å². The molecule has 3 aliphatic heterocycles. The minimum absolute atomic E-state index is 0.00842. The van der Waals surface area contributed by atoms with E-state index in [0.29, 0.717) is 53.5 Å². The molecule has 10 aromatic rings. The molecule has 412 valence electrons.